The molecule has 0 bridgehead atoms. The maximum atomic E-state index is 5.95. The minimum atomic E-state index is 0.118. The lowest BCUT2D eigenvalue weighted by Crippen LogP contribution is -2.59. The molecule has 0 atom stereocenters. The fourth-order valence-corrected chi connectivity index (χ4v) is 2.32. The van der Waals surface area contributed by atoms with E-state index < -0.39 is 0 Å². The van der Waals surface area contributed by atoms with Crippen LogP contribution in [0.5, 0.6) is 0 Å². The minimum absolute atomic E-state index is 0.118. The standard InChI is InChI=1S/C13H26N2O/c1-11(2)8-15(12-4-5-12)6-7-16-13(3)9-14-10-13/h11-12,14H,4-10H2,1-3H3. The molecule has 1 aliphatic heterocycles. The highest BCUT2D eigenvalue weighted by atomic mass is 16.5. The first-order chi connectivity index (χ1) is 7.59. The molecule has 1 saturated heterocycles. The van der Waals surface area contributed by atoms with Crippen LogP contribution in [0.1, 0.15) is 33.6 Å². The quantitative estimate of drug-likeness (QED) is 0.712. The third-order valence-corrected chi connectivity index (χ3v) is 3.49. The SMILES string of the molecule is CC(C)CN(CCOC1(C)CNC1)C1CC1. The van der Waals surface area contributed by atoms with Gasteiger partial charge < -0.3 is 10.1 Å². The van der Waals surface area contributed by atoms with Crippen LogP contribution in [0.4, 0.5) is 0 Å². The van der Waals surface area contributed by atoms with Crippen LogP contribution in [-0.2, 0) is 4.74 Å². The molecule has 1 heterocycles. The van der Waals surface area contributed by atoms with Crippen LogP contribution in [0.15, 0.2) is 0 Å². The molecule has 0 aromatic heterocycles. The van der Waals surface area contributed by atoms with Crippen LogP contribution in [0.3, 0.4) is 0 Å². The van der Waals surface area contributed by atoms with Gasteiger partial charge in [0, 0.05) is 32.2 Å². The largest absolute Gasteiger partial charge is 0.371 e. The van der Waals surface area contributed by atoms with E-state index in [1.165, 1.54) is 19.4 Å². The first-order valence-corrected chi connectivity index (χ1v) is 6.68. The summed E-state index contributed by atoms with van der Waals surface area (Å²) in [5, 5.41) is 3.27. The van der Waals surface area contributed by atoms with Crippen molar-refractivity contribution in [1.29, 1.82) is 0 Å². The van der Waals surface area contributed by atoms with E-state index in [1.54, 1.807) is 0 Å². The van der Waals surface area contributed by atoms with Crippen molar-refractivity contribution in [3.8, 4) is 0 Å². The summed E-state index contributed by atoms with van der Waals surface area (Å²) < 4.78 is 5.95. The van der Waals surface area contributed by atoms with Crippen LogP contribution in [0, 0.1) is 5.92 Å². The number of nitrogens with one attached hydrogen (secondary N) is 1. The molecule has 0 aromatic rings. The van der Waals surface area contributed by atoms with Crippen molar-refractivity contribution >= 4 is 0 Å². The molecule has 0 spiro atoms. The topological polar surface area (TPSA) is 24.5 Å². The second-order valence-corrected chi connectivity index (χ2v) is 6.02. The fourth-order valence-electron chi connectivity index (χ4n) is 2.32. The van der Waals surface area contributed by atoms with Crippen molar-refractivity contribution < 1.29 is 4.74 Å². The first kappa shape index (κ1) is 12.3. The molecule has 1 N–H and O–H groups in total. The van der Waals surface area contributed by atoms with E-state index >= 15 is 0 Å². The highest BCUT2D eigenvalue weighted by Gasteiger charge is 2.33. The zero-order valence-corrected chi connectivity index (χ0v) is 11.0. The van der Waals surface area contributed by atoms with Gasteiger partial charge in [-0.3, -0.25) is 4.90 Å². The second-order valence-electron chi connectivity index (χ2n) is 6.02. The normalized spacial score (nSPS) is 23.8. The molecule has 0 radical (unpaired) electrons. The van der Waals surface area contributed by atoms with Crippen LogP contribution in [0.25, 0.3) is 0 Å². The molecular formula is C13H26N2O. The molecule has 3 heteroatoms. The van der Waals surface area contributed by atoms with E-state index in [0.717, 1.165) is 38.2 Å². The first-order valence-electron chi connectivity index (χ1n) is 6.68. The Labute approximate surface area is 99.5 Å². The lowest BCUT2D eigenvalue weighted by molar-refractivity contribution is -0.0731. The Bertz CT molecular complexity index is 222. The summed E-state index contributed by atoms with van der Waals surface area (Å²) in [7, 11) is 0. The van der Waals surface area contributed by atoms with Crippen molar-refractivity contribution in [3.05, 3.63) is 0 Å². The molecular weight excluding hydrogens is 200 g/mol. The molecule has 0 unspecified atom stereocenters. The Morgan fingerprint density at radius 2 is 2.06 bits per heavy atom. The molecule has 2 rings (SSSR count). The fraction of sp³-hybridized carbons (Fsp3) is 1.00. The molecule has 94 valence electrons. The monoisotopic (exact) mass is 226 g/mol. The van der Waals surface area contributed by atoms with Crippen LogP contribution in [-0.4, -0.2) is 49.3 Å². The zero-order chi connectivity index (χ0) is 11.6. The van der Waals surface area contributed by atoms with Crippen molar-refractivity contribution in [2.24, 2.45) is 5.92 Å². The molecule has 1 saturated carbocycles. The Morgan fingerprint density at radius 3 is 2.50 bits per heavy atom. The molecule has 2 aliphatic rings. The Kier molecular flexibility index (Phi) is 3.88. The van der Waals surface area contributed by atoms with E-state index in [2.05, 4.69) is 31.0 Å². The zero-order valence-electron chi connectivity index (χ0n) is 11.0. The summed E-state index contributed by atoms with van der Waals surface area (Å²) in [6, 6.07) is 0.860. The summed E-state index contributed by atoms with van der Waals surface area (Å²) in [5.41, 5.74) is 0.118. The highest BCUT2D eigenvalue weighted by Crippen LogP contribution is 2.27. The van der Waals surface area contributed by atoms with Gasteiger partial charge in [0.25, 0.3) is 0 Å². The van der Waals surface area contributed by atoms with Crippen molar-refractivity contribution in [2.45, 2.75) is 45.3 Å². The molecule has 2 fully saturated rings. The maximum absolute atomic E-state index is 5.95. The van der Waals surface area contributed by atoms with Crippen LogP contribution in [0.2, 0.25) is 0 Å². The average molecular weight is 226 g/mol. The Balaban J connectivity index is 1.65. The van der Waals surface area contributed by atoms with Gasteiger partial charge in [-0.25, -0.2) is 0 Å². The third kappa shape index (κ3) is 3.44. The number of rotatable bonds is 7. The van der Waals surface area contributed by atoms with Crippen molar-refractivity contribution in [3.63, 3.8) is 0 Å². The van der Waals surface area contributed by atoms with Gasteiger partial charge in [0.1, 0.15) is 0 Å². The predicted molar refractivity (Wildman–Crippen MR) is 66.7 cm³/mol. The van der Waals surface area contributed by atoms with Crippen LogP contribution >= 0.6 is 0 Å². The van der Waals surface area contributed by atoms with Gasteiger partial charge in [-0.2, -0.15) is 0 Å². The molecule has 3 nitrogen and oxygen atoms in total. The summed E-state index contributed by atoms with van der Waals surface area (Å²) in [6.45, 7) is 12.1. The van der Waals surface area contributed by atoms with E-state index in [9.17, 15) is 0 Å². The van der Waals surface area contributed by atoms with Gasteiger partial charge in [0.2, 0.25) is 0 Å². The number of nitrogens with zero attached hydrogens (tertiary/aromatic N) is 1. The number of hydrogen-bond donors (Lipinski definition) is 1. The summed E-state index contributed by atoms with van der Waals surface area (Å²) in [4.78, 5) is 2.61. The van der Waals surface area contributed by atoms with E-state index in [0.29, 0.717) is 0 Å². The van der Waals surface area contributed by atoms with E-state index in [4.69, 9.17) is 4.74 Å². The summed E-state index contributed by atoms with van der Waals surface area (Å²) in [5.74, 6) is 0.765. The summed E-state index contributed by atoms with van der Waals surface area (Å²) in [6.07, 6.45) is 2.79. The highest BCUT2D eigenvalue weighted by molar-refractivity contribution is 4.90. The van der Waals surface area contributed by atoms with Gasteiger partial charge in [-0.1, -0.05) is 13.8 Å². The Morgan fingerprint density at radius 1 is 1.38 bits per heavy atom. The predicted octanol–water partition coefficient (Wildman–Crippen LogP) is 1.49. The molecule has 0 amide bonds. The molecule has 16 heavy (non-hydrogen) atoms. The van der Waals surface area contributed by atoms with E-state index in [1.807, 2.05) is 0 Å². The van der Waals surface area contributed by atoms with Crippen LogP contribution < -0.4 is 5.32 Å². The van der Waals surface area contributed by atoms with Crippen molar-refractivity contribution in [1.82, 2.24) is 10.2 Å². The van der Waals surface area contributed by atoms with Gasteiger partial charge in [0.15, 0.2) is 0 Å². The minimum Gasteiger partial charge on any atom is -0.371 e. The van der Waals surface area contributed by atoms with E-state index in [-0.39, 0.29) is 5.60 Å². The molecule has 0 aromatic carbocycles. The Hall–Kier alpha value is -0.120. The van der Waals surface area contributed by atoms with Gasteiger partial charge in [0.05, 0.1) is 12.2 Å². The lowest BCUT2D eigenvalue weighted by Gasteiger charge is -2.39. The molecule has 1 aliphatic carbocycles. The van der Waals surface area contributed by atoms with Crippen molar-refractivity contribution in [2.75, 3.05) is 32.8 Å². The average Bonchev–Trinajstić information content (AvgIpc) is 2.96. The maximum Gasteiger partial charge on any atom is 0.0902 e. The van der Waals surface area contributed by atoms with Gasteiger partial charge in [-0.15, -0.1) is 0 Å². The second kappa shape index (κ2) is 5.03. The number of ether oxygens (including phenoxy) is 1. The number of hydrogen-bond acceptors (Lipinski definition) is 3. The lowest BCUT2D eigenvalue weighted by atomic mass is 10.0. The third-order valence-electron chi connectivity index (χ3n) is 3.49. The smallest absolute Gasteiger partial charge is 0.0902 e. The van der Waals surface area contributed by atoms with Gasteiger partial charge in [-0.05, 0) is 25.7 Å². The van der Waals surface area contributed by atoms with Gasteiger partial charge >= 0.3 is 0 Å². The summed E-state index contributed by atoms with van der Waals surface area (Å²) >= 11 is 0.